The zero-order valence-corrected chi connectivity index (χ0v) is 11.0. The van der Waals surface area contributed by atoms with Crippen molar-refractivity contribution in [2.75, 3.05) is 6.54 Å². The molecule has 1 saturated carbocycles. The minimum absolute atomic E-state index is 0.183. The standard InChI is InChI=1S/C13H25NO2/c1-10(2)14(9-12(15)16)11-5-7-13(3,4)8-6-11/h10-11H,5-9H2,1-4H3,(H,15,16). The lowest BCUT2D eigenvalue weighted by Crippen LogP contribution is -2.46. The second-order valence-electron chi connectivity index (χ2n) is 6.06. The molecule has 1 N–H and O–H groups in total. The van der Waals surface area contributed by atoms with Crippen LogP contribution in [-0.2, 0) is 4.79 Å². The minimum atomic E-state index is -0.710. The molecule has 0 saturated heterocycles. The average molecular weight is 227 g/mol. The second-order valence-corrected chi connectivity index (χ2v) is 6.06. The van der Waals surface area contributed by atoms with Crippen molar-refractivity contribution >= 4 is 5.97 Å². The van der Waals surface area contributed by atoms with Crippen LogP contribution in [0, 0.1) is 5.41 Å². The molecule has 1 fully saturated rings. The Labute approximate surface area is 98.8 Å². The van der Waals surface area contributed by atoms with Crippen LogP contribution in [0.15, 0.2) is 0 Å². The second kappa shape index (κ2) is 5.17. The summed E-state index contributed by atoms with van der Waals surface area (Å²) in [6, 6.07) is 0.784. The molecule has 0 heterocycles. The van der Waals surface area contributed by atoms with Gasteiger partial charge in [-0.25, -0.2) is 0 Å². The van der Waals surface area contributed by atoms with Crippen LogP contribution in [0.25, 0.3) is 0 Å². The number of carboxylic acid groups (broad SMARTS) is 1. The third kappa shape index (κ3) is 3.78. The molecule has 3 nitrogen and oxygen atoms in total. The van der Waals surface area contributed by atoms with Gasteiger partial charge in [0.05, 0.1) is 6.54 Å². The van der Waals surface area contributed by atoms with E-state index in [4.69, 9.17) is 5.11 Å². The molecule has 0 radical (unpaired) electrons. The van der Waals surface area contributed by atoms with Gasteiger partial charge in [0, 0.05) is 12.1 Å². The summed E-state index contributed by atoms with van der Waals surface area (Å²) in [6.45, 7) is 8.97. The van der Waals surface area contributed by atoms with E-state index in [2.05, 4.69) is 32.6 Å². The highest BCUT2D eigenvalue weighted by atomic mass is 16.4. The average Bonchev–Trinajstić information content (AvgIpc) is 2.14. The van der Waals surface area contributed by atoms with E-state index in [0.717, 1.165) is 12.8 Å². The SMILES string of the molecule is CC(C)N(CC(=O)O)C1CCC(C)(C)CC1. The van der Waals surface area contributed by atoms with Gasteiger partial charge in [0.15, 0.2) is 0 Å². The number of carboxylic acids is 1. The molecular weight excluding hydrogens is 202 g/mol. The topological polar surface area (TPSA) is 40.5 Å². The normalized spacial score (nSPS) is 21.6. The van der Waals surface area contributed by atoms with Crippen LogP contribution in [0.3, 0.4) is 0 Å². The Morgan fingerprint density at radius 3 is 2.25 bits per heavy atom. The van der Waals surface area contributed by atoms with Gasteiger partial charge in [0.1, 0.15) is 0 Å². The van der Waals surface area contributed by atoms with Crippen LogP contribution in [-0.4, -0.2) is 34.6 Å². The summed E-state index contributed by atoms with van der Waals surface area (Å²) in [5, 5.41) is 8.92. The molecule has 0 bridgehead atoms. The van der Waals surface area contributed by atoms with Crippen molar-refractivity contribution in [2.45, 2.75) is 65.5 Å². The molecule has 0 atom stereocenters. The first kappa shape index (κ1) is 13.5. The first-order chi connectivity index (χ1) is 7.32. The van der Waals surface area contributed by atoms with Crippen molar-refractivity contribution < 1.29 is 9.90 Å². The van der Waals surface area contributed by atoms with Crippen molar-refractivity contribution in [1.82, 2.24) is 4.90 Å². The van der Waals surface area contributed by atoms with Crippen LogP contribution < -0.4 is 0 Å². The van der Waals surface area contributed by atoms with Crippen molar-refractivity contribution in [3.63, 3.8) is 0 Å². The molecule has 0 aromatic heterocycles. The van der Waals surface area contributed by atoms with E-state index in [1.165, 1.54) is 12.8 Å². The van der Waals surface area contributed by atoms with E-state index in [9.17, 15) is 4.79 Å². The molecule has 0 aromatic carbocycles. The number of nitrogens with zero attached hydrogens (tertiary/aromatic N) is 1. The Balaban J connectivity index is 2.57. The summed E-state index contributed by atoms with van der Waals surface area (Å²) in [5.41, 5.74) is 0.447. The Bertz CT molecular complexity index is 238. The lowest BCUT2D eigenvalue weighted by Gasteiger charge is -2.41. The van der Waals surface area contributed by atoms with E-state index in [1.807, 2.05) is 0 Å². The highest BCUT2D eigenvalue weighted by Gasteiger charge is 2.31. The predicted octanol–water partition coefficient (Wildman–Crippen LogP) is 2.75. The zero-order chi connectivity index (χ0) is 12.3. The summed E-state index contributed by atoms with van der Waals surface area (Å²) in [4.78, 5) is 13.0. The third-order valence-electron chi connectivity index (χ3n) is 3.76. The molecule has 0 aromatic rings. The molecule has 1 rings (SSSR count). The Kier molecular flexibility index (Phi) is 4.36. The fraction of sp³-hybridized carbons (Fsp3) is 0.923. The van der Waals surface area contributed by atoms with Gasteiger partial charge in [0.25, 0.3) is 0 Å². The van der Waals surface area contributed by atoms with Crippen LogP contribution in [0.5, 0.6) is 0 Å². The minimum Gasteiger partial charge on any atom is -0.480 e. The number of rotatable bonds is 4. The summed E-state index contributed by atoms with van der Waals surface area (Å²) in [7, 11) is 0. The summed E-state index contributed by atoms with van der Waals surface area (Å²) < 4.78 is 0. The van der Waals surface area contributed by atoms with E-state index >= 15 is 0 Å². The summed E-state index contributed by atoms with van der Waals surface area (Å²) >= 11 is 0. The van der Waals surface area contributed by atoms with Crippen LogP contribution in [0.1, 0.15) is 53.4 Å². The largest absolute Gasteiger partial charge is 0.480 e. The van der Waals surface area contributed by atoms with Crippen molar-refractivity contribution in [3.8, 4) is 0 Å². The maximum Gasteiger partial charge on any atom is 0.317 e. The molecule has 0 amide bonds. The number of aliphatic carboxylic acids is 1. The number of hydrogen-bond donors (Lipinski definition) is 1. The van der Waals surface area contributed by atoms with Crippen LogP contribution in [0.4, 0.5) is 0 Å². The highest BCUT2D eigenvalue weighted by molar-refractivity contribution is 5.69. The lowest BCUT2D eigenvalue weighted by molar-refractivity contribution is -0.139. The van der Waals surface area contributed by atoms with E-state index in [-0.39, 0.29) is 6.54 Å². The molecule has 1 aliphatic carbocycles. The van der Waals surface area contributed by atoms with Gasteiger partial charge in [0.2, 0.25) is 0 Å². The molecule has 0 spiro atoms. The monoisotopic (exact) mass is 227 g/mol. The fourth-order valence-electron chi connectivity index (χ4n) is 2.61. The van der Waals surface area contributed by atoms with Crippen molar-refractivity contribution in [2.24, 2.45) is 5.41 Å². The van der Waals surface area contributed by atoms with Gasteiger partial charge < -0.3 is 5.11 Å². The van der Waals surface area contributed by atoms with Gasteiger partial charge in [-0.3, -0.25) is 9.69 Å². The van der Waals surface area contributed by atoms with Crippen molar-refractivity contribution in [1.29, 1.82) is 0 Å². The van der Waals surface area contributed by atoms with Gasteiger partial charge in [-0.05, 0) is 44.9 Å². The van der Waals surface area contributed by atoms with Crippen LogP contribution in [0.2, 0.25) is 0 Å². The van der Waals surface area contributed by atoms with Gasteiger partial charge in [-0.1, -0.05) is 13.8 Å². The Hall–Kier alpha value is -0.570. The molecule has 3 heteroatoms. The Morgan fingerprint density at radius 1 is 1.38 bits per heavy atom. The van der Waals surface area contributed by atoms with E-state index < -0.39 is 5.97 Å². The maximum atomic E-state index is 10.8. The molecule has 94 valence electrons. The predicted molar refractivity (Wildman–Crippen MR) is 65.5 cm³/mol. The maximum absolute atomic E-state index is 10.8. The highest BCUT2D eigenvalue weighted by Crippen LogP contribution is 2.37. The lowest BCUT2D eigenvalue weighted by atomic mass is 9.75. The van der Waals surface area contributed by atoms with E-state index in [0.29, 0.717) is 17.5 Å². The van der Waals surface area contributed by atoms with Crippen LogP contribution >= 0.6 is 0 Å². The third-order valence-corrected chi connectivity index (χ3v) is 3.76. The first-order valence-corrected chi connectivity index (χ1v) is 6.29. The molecule has 16 heavy (non-hydrogen) atoms. The fourth-order valence-corrected chi connectivity index (χ4v) is 2.61. The van der Waals surface area contributed by atoms with Gasteiger partial charge >= 0.3 is 5.97 Å². The quantitative estimate of drug-likeness (QED) is 0.803. The Morgan fingerprint density at radius 2 is 1.88 bits per heavy atom. The summed E-state index contributed by atoms with van der Waals surface area (Å²) in [5.74, 6) is -0.710. The molecular formula is C13H25NO2. The van der Waals surface area contributed by atoms with Crippen molar-refractivity contribution in [3.05, 3.63) is 0 Å². The van der Waals surface area contributed by atoms with Gasteiger partial charge in [-0.15, -0.1) is 0 Å². The molecule has 0 unspecified atom stereocenters. The smallest absolute Gasteiger partial charge is 0.317 e. The number of carbonyl (C=O) groups is 1. The molecule has 0 aliphatic heterocycles. The zero-order valence-electron chi connectivity index (χ0n) is 11.0. The molecule has 1 aliphatic rings. The first-order valence-electron chi connectivity index (χ1n) is 6.29. The van der Waals surface area contributed by atoms with Gasteiger partial charge in [-0.2, -0.15) is 0 Å². The van der Waals surface area contributed by atoms with E-state index in [1.54, 1.807) is 0 Å². The number of hydrogen-bond acceptors (Lipinski definition) is 2. The summed E-state index contributed by atoms with van der Waals surface area (Å²) in [6.07, 6.45) is 4.69.